The first-order valence-corrected chi connectivity index (χ1v) is 7.20. The van der Waals surface area contributed by atoms with Crippen LogP contribution in [-0.2, 0) is 11.3 Å². The van der Waals surface area contributed by atoms with E-state index in [9.17, 15) is 9.90 Å². The van der Waals surface area contributed by atoms with Crippen molar-refractivity contribution < 1.29 is 14.6 Å². The summed E-state index contributed by atoms with van der Waals surface area (Å²) in [5, 5.41) is 9.39. The summed E-state index contributed by atoms with van der Waals surface area (Å²) in [5.41, 5.74) is 1.32. The van der Waals surface area contributed by atoms with Crippen LogP contribution in [0.2, 0.25) is 0 Å². The zero-order chi connectivity index (χ0) is 14.2. The van der Waals surface area contributed by atoms with Gasteiger partial charge in [-0.15, -0.1) is 0 Å². The van der Waals surface area contributed by atoms with E-state index in [2.05, 4.69) is 0 Å². The summed E-state index contributed by atoms with van der Waals surface area (Å²) in [5.74, 6) is 0. The second-order valence-corrected chi connectivity index (χ2v) is 6.28. The van der Waals surface area contributed by atoms with Crippen LogP contribution >= 0.6 is 0 Å². The minimum absolute atomic E-state index is 0.119. The Morgan fingerprint density at radius 1 is 1.30 bits per heavy atom. The molecule has 4 heteroatoms. The summed E-state index contributed by atoms with van der Waals surface area (Å²) < 4.78 is 5.33. The second kappa shape index (κ2) is 5.09. The van der Waals surface area contributed by atoms with Crippen molar-refractivity contribution >= 4 is 6.09 Å². The molecule has 0 heterocycles. The third-order valence-electron chi connectivity index (χ3n) is 4.72. The molecule has 0 atom stereocenters. The van der Waals surface area contributed by atoms with Gasteiger partial charge < -0.3 is 14.7 Å². The molecule has 4 nitrogen and oxygen atoms in total. The molecule has 0 aromatic heterocycles. The lowest BCUT2D eigenvalue weighted by Crippen LogP contribution is -2.58. The molecule has 108 valence electrons. The molecule has 3 rings (SSSR count). The maximum atomic E-state index is 12.0. The minimum atomic E-state index is -0.256. The highest BCUT2D eigenvalue weighted by Crippen LogP contribution is 2.57. The van der Waals surface area contributed by atoms with Gasteiger partial charge in [0.2, 0.25) is 0 Å². The molecule has 0 bridgehead atoms. The molecule has 2 saturated carbocycles. The van der Waals surface area contributed by atoms with Gasteiger partial charge in [0.05, 0.1) is 6.10 Å². The van der Waals surface area contributed by atoms with E-state index in [4.69, 9.17) is 4.74 Å². The Morgan fingerprint density at radius 2 is 1.95 bits per heavy atom. The Hall–Kier alpha value is -1.55. The number of aliphatic hydroxyl groups is 1. The topological polar surface area (TPSA) is 49.8 Å². The molecule has 1 amide bonds. The van der Waals surface area contributed by atoms with Gasteiger partial charge in [-0.2, -0.15) is 0 Å². The average molecular weight is 275 g/mol. The molecule has 0 aliphatic heterocycles. The van der Waals surface area contributed by atoms with Crippen LogP contribution in [0.1, 0.15) is 31.2 Å². The van der Waals surface area contributed by atoms with Crippen molar-refractivity contribution in [3.05, 3.63) is 35.9 Å². The molecule has 20 heavy (non-hydrogen) atoms. The fraction of sp³-hybridized carbons (Fsp3) is 0.562. The van der Waals surface area contributed by atoms with Crippen LogP contribution in [0.5, 0.6) is 0 Å². The Morgan fingerprint density at radius 3 is 2.55 bits per heavy atom. The van der Waals surface area contributed by atoms with Gasteiger partial charge in [0.1, 0.15) is 6.61 Å². The predicted molar refractivity (Wildman–Crippen MR) is 75.1 cm³/mol. The van der Waals surface area contributed by atoms with Crippen molar-refractivity contribution in [1.82, 2.24) is 4.90 Å². The van der Waals surface area contributed by atoms with Crippen LogP contribution in [0.4, 0.5) is 4.79 Å². The SMILES string of the molecule is CN(C(=O)OCc1ccccc1)C1CC2(CC(O)C2)C1. The molecule has 2 aliphatic carbocycles. The summed E-state index contributed by atoms with van der Waals surface area (Å²) in [6, 6.07) is 9.97. The summed E-state index contributed by atoms with van der Waals surface area (Å²) >= 11 is 0. The van der Waals surface area contributed by atoms with Gasteiger partial charge in [-0.3, -0.25) is 0 Å². The van der Waals surface area contributed by atoms with E-state index in [0.717, 1.165) is 31.2 Å². The van der Waals surface area contributed by atoms with Crippen molar-refractivity contribution in [2.24, 2.45) is 5.41 Å². The number of nitrogens with zero attached hydrogens (tertiary/aromatic N) is 1. The second-order valence-electron chi connectivity index (χ2n) is 6.28. The molecule has 2 aliphatic rings. The highest BCUT2D eigenvalue weighted by Gasteiger charge is 2.54. The predicted octanol–water partition coefficient (Wildman–Crippen LogP) is 2.56. The summed E-state index contributed by atoms with van der Waals surface area (Å²) in [6.45, 7) is 0.320. The first-order valence-electron chi connectivity index (χ1n) is 7.20. The molecule has 0 unspecified atom stereocenters. The third kappa shape index (κ3) is 2.52. The van der Waals surface area contributed by atoms with Crippen LogP contribution in [0.25, 0.3) is 0 Å². The van der Waals surface area contributed by atoms with E-state index in [1.165, 1.54) is 0 Å². The maximum absolute atomic E-state index is 12.0. The lowest BCUT2D eigenvalue weighted by Gasteiger charge is -2.57. The lowest BCUT2D eigenvalue weighted by molar-refractivity contribution is -0.115. The number of amides is 1. The quantitative estimate of drug-likeness (QED) is 0.922. The third-order valence-corrected chi connectivity index (χ3v) is 4.72. The van der Waals surface area contributed by atoms with Crippen molar-refractivity contribution in [1.29, 1.82) is 0 Å². The molecule has 1 aromatic carbocycles. The van der Waals surface area contributed by atoms with Crippen molar-refractivity contribution in [2.45, 2.75) is 44.4 Å². The van der Waals surface area contributed by atoms with Gasteiger partial charge in [0.15, 0.2) is 0 Å². The van der Waals surface area contributed by atoms with Gasteiger partial charge in [-0.05, 0) is 36.7 Å². The van der Waals surface area contributed by atoms with Crippen LogP contribution in [0.3, 0.4) is 0 Å². The summed E-state index contributed by atoms with van der Waals surface area (Å²) in [4.78, 5) is 13.7. The standard InChI is InChI=1S/C16H21NO3/c1-17(13-7-16(8-13)9-14(18)10-16)15(19)20-11-12-5-3-2-4-6-12/h2-6,13-14,18H,7-11H2,1H3. The van der Waals surface area contributed by atoms with Gasteiger partial charge in [-0.1, -0.05) is 30.3 Å². The zero-order valence-electron chi connectivity index (χ0n) is 11.8. The number of benzene rings is 1. The van der Waals surface area contributed by atoms with Gasteiger partial charge >= 0.3 is 6.09 Å². The van der Waals surface area contributed by atoms with E-state index >= 15 is 0 Å². The summed E-state index contributed by atoms with van der Waals surface area (Å²) in [7, 11) is 1.81. The number of hydrogen-bond donors (Lipinski definition) is 1. The molecule has 0 radical (unpaired) electrons. The van der Waals surface area contributed by atoms with Crippen LogP contribution in [0.15, 0.2) is 30.3 Å². The molecule has 2 fully saturated rings. The number of hydrogen-bond acceptors (Lipinski definition) is 3. The monoisotopic (exact) mass is 275 g/mol. The maximum Gasteiger partial charge on any atom is 0.410 e. The molecular formula is C16H21NO3. The lowest BCUT2D eigenvalue weighted by atomic mass is 9.52. The van der Waals surface area contributed by atoms with Gasteiger partial charge in [0, 0.05) is 13.1 Å². The Labute approximate surface area is 119 Å². The molecule has 1 N–H and O–H groups in total. The number of carbonyl (C=O) groups is 1. The number of aliphatic hydroxyl groups excluding tert-OH is 1. The largest absolute Gasteiger partial charge is 0.445 e. The first kappa shape index (κ1) is 13.4. The smallest absolute Gasteiger partial charge is 0.410 e. The fourth-order valence-corrected chi connectivity index (χ4v) is 3.46. The van der Waals surface area contributed by atoms with Gasteiger partial charge in [0.25, 0.3) is 0 Å². The van der Waals surface area contributed by atoms with Crippen molar-refractivity contribution in [3.63, 3.8) is 0 Å². The Balaban J connectivity index is 1.44. The molecular weight excluding hydrogens is 254 g/mol. The van der Waals surface area contributed by atoms with Crippen molar-refractivity contribution in [3.8, 4) is 0 Å². The minimum Gasteiger partial charge on any atom is -0.445 e. The van der Waals surface area contributed by atoms with Crippen LogP contribution in [-0.4, -0.2) is 35.3 Å². The van der Waals surface area contributed by atoms with Crippen LogP contribution in [0, 0.1) is 5.41 Å². The number of carbonyl (C=O) groups excluding carboxylic acids is 1. The molecule has 1 aromatic rings. The Bertz CT molecular complexity index is 474. The normalized spacial score (nSPS) is 31.3. The van der Waals surface area contributed by atoms with E-state index in [1.807, 2.05) is 30.3 Å². The number of ether oxygens (including phenoxy) is 1. The summed E-state index contributed by atoms with van der Waals surface area (Å²) in [6.07, 6.45) is 3.43. The molecule has 1 spiro atoms. The Kier molecular flexibility index (Phi) is 3.42. The average Bonchev–Trinajstić information content (AvgIpc) is 2.39. The van der Waals surface area contributed by atoms with E-state index in [1.54, 1.807) is 11.9 Å². The van der Waals surface area contributed by atoms with E-state index in [-0.39, 0.29) is 18.2 Å². The van der Waals surface area contributed by atoms with E-state index in [0.29, 0.717) is 12.0 Å². The fourth-order valence-electron chi connectivity index (χ4n) is 3.46. The van der Waals surface area contributed by atoms with Gasteiger partial charge in [-0.25, -0.2) is 4.79 Å². The van der Waals surface area contributed by atoms with Crippen molar-refractivity contribution in [2.75, 3.05) is 7.05 Å². The zero-order valence-corrected chi connectivity index (χ0v) is 11.8. The highest BCUT2D eigenvalue weighted by atomic mass is 16.6. The molecule has 0 saturated heterocycles. The first-order chi connectivity index (χ1) is 9.58. The van der Waals surface area contributed by atoms with Crippen LogP contribution < -0.4 is 0 Å². The number of rotatable bonds is 3. The van der Waals surface area contributed by atoms with E-state index < -0.39 is 0 Å². The highest BCUT2D eigenvalue weighted by molar-refractivity contribution is 5.68.